The second-order valence-corrected chi connectivity index (χ2v) is 4.49. The number of hydrogen-bond acceptors (Lipinski definition) is 5. The van der Waals surface area contributed by atoms with Gasteiger partial charge in [0.05, 0.1) is 6.61 Å². The fraction of sp³-hybridized carbons (Fsp3) is 0.750. The summed E-state index contributed by atoms with van der Waals surface area (Å²) >= 11 is 0. The van der Waals surface area contributed by atoms with E-state index in [4.69, 9.17) is 15.0 Å². The topological polar surface area (TPSA) is 98.6 Å². The van der Waals surface area contributed by atoms with Crippen molar-refractivity contribution in [3.8, 4) is 0 Å². The number of hydrogen-bond donors (Lipinski definition) is 2. The molecule has 0 atom stereocenters. The Morgan fingerprint density at radius 3 is 2.85 bits per heavy atom. The van der Waals surface area contributed by atoms with Crippen molar-refractivity contribution >= 4 is 29.9 Å². The summed E-state index contributed by atoms with van der Waals surface area (Å²) in [6, 6.07) is 0. The summed E-state index contributed by atoms with van der Waals surface area (Å²) < 4.78 is 10.0. The van der Waals surface area contributed by atoms with Crippen molar-refractivity contribution in [2.24, 2.45) is 10.7 Å². The summed E-state index contributed by atoms with van der Waals surface area (Å²) in [5.74, 6) is 2.13. The third-order valence-electron chi connectivity index (χ3n) is 2.44. The predicted octanol–water partition coefficient (Wildman–Crippen LogP) is 1.29. The van der Waals surface area contributed by atoms with Gasteiger partial charge >= 0.3 is 0 Å². The van der Waals surface area contributed by atoms with E-state index in [1.54, 1.807) is 7.11 Å². The average Bonchev–Trinajstić information content (AvgIpc) is 2.84. The molecule has 0 aliphatic rings. The molecule has 1 aromatic heterocycles. The highest BCUT2D eigenvalue weighted by Gasteiger charge is 2.08. The number of rotatable bonds is 8. The van der Waals surface area contributed by atoms with E-state index in [0.717, 1.165) is 12.2 Å². The number of guanidine groups is 1. The molecule has 0 aliphatic heterocycles. The molecule has 116 valence electrons. The Kier molecular flexibility index (Phi) is 10.3. The molecule has 0 amide bonds. The van der Waals surface area contributed by atoms with E-state index in [0.29, 0.717) is 38.0 Å². The maximum Gasteiger partial charge on any atom is 0.226 e. The van der Waals surface area contributed by atoms with E-state index in [1.807, 2.05) is 13.8 Å². The smallest absolute Gasteiger partial charge is 0.226 e. The van der Waals surface area contributed by atoms with Gasteiger partial charge in [-0.05, 0) is 6.42 Å². The molecule has 1 rings (SSSR count). The Morgan fingerprint density at radius 2 is 2.25 bits per heavy atom. The molecule has 0 saturated carbocycles. The average molecular weight is 397 g/mol. The summed E-state index contributed by atoms with van der Waals surface area (Å²) in [5, 5.41) is 6.86. The lowest BCUT2D eigenvalue weighted by atomic mass is 10.2. The van der Waals surface area contributed by atoms with Crippen molar-refractivity contribution in [3.63, 3.8) is 0 Å². The number of methoxy groups -OCH3 is 1. The van der Waals surface area contributed by atoms with Gasteiger partial charge in [0, 0.05) is 32.5 Å². The summed E-state index contributed by atoms with van der Waals surface area (Å²) in [7, 11) is 1.64. The first-order valence-corrected chi connectivity index (χ1v) is 6.48. The second kappa shape index (κ2) is 10.8. The van der Waals surface area contributed by atoms with Crippen LogP contribution in [0.5, 0.6) is 0 Å². The quantitative estimate of drug-likeness (QED) is 0.297. The van der Waals surface area contributed by atoms with E-state index in [-0.39, 0.29) is 29.9 Å². The van der Waals surface area contributed by atoms with Crippen molar-refractivity contribution in [2.45, 2.75) is 32.6 Å². The molecule has 7 nitrogen and oxygen atoms in total. The predicted molar refractivity (Wildman–Crippen MR) is 88.5 cm³/mol. The first-order valence-electron chi connectivity index (χ1n) is 6.48. The van der Waals surface area contributed by atoms with Crippen LogP contribution in [0, 0.1) is 0 Å². The van der Waals surface area contributed by atoms with E-state index >= 15 is 0 Å². The molecule has 0 bridgehead atoms. The highest BCUT2D eigenvalue weighted by molar-refractivity contribution is 14.0. The molecule has 0 unspecified atom stereocenters. The Bertz CT molecular complexity index is 395. The highest BCUT2D eigenvalue weighted by Crippen LogP contribution is 2.10. The third kappa shape index (κ3) is 7.63. The van der Waals surface area contributed by atoms with Crippen LogP contribution in [-0.4, -0.2) is 42.9 Å². The van der Waals surface area contributed by atoms with Gasteiger partial charge < -0.3 is 20.3 Å². The molecule has 0 aromatic carbocycles. The largest absolute Gasteiger partial charge is 0.383 e. The zero-order valence-corrected chi connectivity index (χ0v) is 14.6. The number of aryl methyl sites for hydroxylation is 1. The minimum Gasteiger partial charge on any atom is -0.383 e. The van der Waals surface area contributed by atoms with Gasteiger partial charge in [0.2, 0.25) is 5.89 Å². The summed E-state index contributed by atoms with van der Waals surface area (Å²) in [6.45, 7) is 5.96. The van der Waals surface area contributed by atoms with Gasteiger partial charge in [-0.3, -0.25) is 4.99 Å². The lowest BCUT2D eigenvalue weighted by Crippen LogP contribution is -2.34. The first-order chi connectivity index (χ1) is 9.13. The fourth-order valence-electron chi connectivity index (χ4n) is 1.37. The maximum absolute atomic E-state index is 5.67. The van der Waals surface area contributed by atoms with Crippen molar-refractivity contribution in [3.05, 3.63) is 11.7 Å². The Morgan fingerprint density at radius 1 is 1.50 bits per heavy atom. The molecule has 0 aliphatic carbocycles. The number of ether oxygens (including phenoxy) is 1. The van der Waals surface area contributed by atoms with Crippen molar-refractivity contribution in [2.75, 3.05) is 26.8 Å². The van der Waals surface area contributed by atoms with Gasteiger partial charge in [0.1, 0.15) is 0 Å². The van der Waals surface area contributed by atoms with Crippen molar-refractivity contribution in [1.82, 2.24) is 15.5 Å². The highest BCUT2D eigenvalue weighted by atomic mass is 127. The maximum atomic E-state index is 5.67. The van der Waals surface area contributed by atoms with Gasteiger partial charge in [-0.25, -0.2) is 0 Å². The number of aromatic nitrogens is 2. The van der Waals surface area contributed by atoms with Crippen LogP contribution in [-0.2, 0) is 11.2 Å². The van der Waals surface area contributed by atoms with Crippen LogP contribution < -0.4 is 11.1 Å². The number of nitrogens with two attached hydrogens (primary N) is 1. The molecular formula is C12H24IN5O2. The van der Waals surface area contributed by atoms with E-state index in [1.165, 1.54) is 0 Å². The van der Waals surface area contributed by atoms with Crippen molar-refractivity contribution < 1.29 is 9.26 Å². The molecule has 8 heteroatoms. The van der Waals surface area contributed by atoms with Gasteiger partial charge in [0.25, 0.3) is 0 Å². The summed E-state index contributed by atoms with van der Waals surface area (Å²) in [5.41, 5.74) is 5.67. The van der Waals surface area contributed by atoms with Crippen LogP contribution in [0.15, 0.2) is 9.52 Å². The lowest BCUT2D eigenvalue weighted by Gasteiger charge is -2.03. The molecule has 0 spiro atoms. The third-order valence-corrected chi connectivity index (χ3v) is 2.44. The molecule has 0 fully saturated rings. The van der Waals surface area contributed by atoms with Crippen LogP contribution in [0.1, 0.15) is 37.9 Å². The van der Waals surface area contributed by atoms with Gasteiger partial charge in [-0.15, -0.1) is 24.0 Å². The number of nitrogens with one attached hydrogen (secondary N) is 1. The molecular weight excluding hydrogens is 373 g/mol. The zero-order valence-electron chi connectivity index (χ0n) is 12.3. The van der Waals surface area contributed by atoms with Gasteiger partial charge in [-0.2, -0.15) is 4.98 Å². The van der Waals surface area contributed by atoms with Crippen molar-refractivity contribution in [1.29, 1.82) is 0 Å². The standard InChI is InChI=1S/C12H23N5O2.HI/c1-9(2)11-16-10(19-17-11)5-4-6-14-12(13)15-7-8-18-3;/h9H,4-8H2,1-3H3,(H3,13,14,15);1H. The van der Waals surface area contributed by atoms with Crippen LogP contribution in [0.2, 0.25) is 0 Å². The lowest BCUT2D eigenvalue weighted by molar-refractivity contribution is 0.204. The Balaban J connectivity index is 0.00000361. The minimum atomic E-state index is 0. The minimum absolute atomic E-state index is 0. The summed E-state index contributed by atoms with van der Waals surface area (Å²) in [6.07, 6.45) is 1.54. The fourth-order valence-corrected chi connectivity index (χ4v) is 1.37. The summed E-state index contributed by atoms with van der Waals surface area (Å²) in [4.78, 5) is 8.49. The molecule has 20 heavy (non-hydrogen) atoms. The van der Waals surface area contributed by atoms with E-state index in [2.05, 4.69) is 20.4 Å². The van der Waals surface area contributed by atoms with Gasteiger partial charge in [-0.1, -0.05) is 19.0 Å². The number of nitrogens with zero attached hydrogens (tertiary/aromatic N) is 3. The second-order valence-electron chi connectivity index (χ2n) is 4.49. The first kappa shape index (κ1) is 19.1. The SMILES string of the molecule is COCCNC(N)=NCCCc1nc(C(C)C)no1.I. The van der Waals surface area contributed by atoms with Crippen LogP contribution in [0.4, 0.5) is 0 Å². The molecule has 1 heterocycles. The number of aliphatic imine (C=N–C) groups is 1. The molecule has 3 N–H and O–H groups in total. The number of halogens is 1. The molecule has 1 aromatic rings. The monoisotopic (exact) mass is 397 g/mol. The normalized spacial score (nSPS) is 11.5. The Labute approximate surface area is 136 Å². The van der Waals surface area contributed by atoms with Crippen LogP contribution >= 0.6 is 24.0 Å². The van der Waals surface area contributed by atoms with Crippen LogP contribution in [0.25, 0.3) is 0 Å². The van der Waals surface area contributed by atoms with Crippen LogP contribution in [0.3, 0.4) is 0 Å². The molecule has 0 saturated heterocycles. The zero-order chi connectivity index (χ0) is 14.1. The van der Waals surface area contributed by atoms with Gasteiger partial charge in [0.15, 0.2) is 11.8 Å². The molecule has 0 radical (unpaired) electrons. The van der Waals surface area contributed by atoms with E-state index in [9.17, 15) is 0 Å². The Hall–Kier alpha value is -0.900. The van der Waals surface area contributed by atoms with E-state index < -0.39 is 0 Å².